The first kappa shape index (κ1) is 37.9. The summed E-state index contributed by atoms with van der Waals surface area (Å²) in [6.45, 7) is 0. The van der Waals surface area contributed by atoms with Crippen molar-refractivity contribution in [2.75, 3.05) is 0 Å². The monoisotopic (exact) mass is 888 g/mol. The Morgan fingerprint density at radius 3 is 1.14 bits per heavy atom. The summed E-state index contributed by atoms with van der Waals surface area (Å²) >= 11 is 7.22. The molecule has 56 heavy (non-hydrogen) atoms. The molecule has 7 aromatic carbocycles. The number of fused-ring (bicyclic) bond motifs is 1. The van der Waals surface area contributed by atoms with Crippen LogP contribution < -0.4 is 31.8 Å². The average molecular weight is 887 g/mol. The Morgan fingerprint density at radius 1 is 0.321 bits per heavy atom. The van der Waals surface area contributed by atoms with E-state index >= 15 is 0 Å². The van der Waals surface area contributed by atoms with E-state index in [2.05, 4.69) is 234 Å². The van der Waals surface area contributed by atoms with Gasteiger partial charge in [-0.3, -0.25) is 0 Å². The molecule has 0 spiro atoms. The molecule has 9 aromatic rings. The predicted molar refractivity (Wildman–Crippen MR) is 246 cm³/mol. The van der Waals surface area contributed by atoms with Gasteiger partial charge in [0.15, 0.2) is 0 Å². The Morgan fingerprint density at radius 2 is 0.714 bits per heavy atom. The third kappa shape index (κ3) is 7.97. The second kappa shape index (κ2) is 17.4. The molecule has 270 valence electrons. The zero-order chi connectivity index (χ0) is 38.2. The van der Waals surface area contributed by atoms with E-state index in [4.69, 9.17) is 0 Å². The fourth-order valence-electron chi connectivity index (χ4n) is 6.94. The Bertz CT molecular complexity index is 2680. The first-order chi connectivity index (χ1) is 27.5. The summed E-state index contributed by atoms with van der Waals surface area (Å²) in [5.74, 6) is 0. The average Bonchev–Trinajstić information content (AvgIpc) is 3.30. The van der Waals surface area contributed by atoms with Crippen molar-refractivity contribution < 1.29 is 0 Å². The molecule has 2 aromatic heterocycles. The van der Waals surface area contributed by atoms with E-state index in [1.807, 2.05) is 30.6 Å². The third-order valence-electron chi connectivity index (χ3n) is 9.86. The zero-order valence-corrected chi connectivity index (χ0v) is 35.8. The predicted octanol–water partition coefficient (Wildman–Crippen LogP) is 9.41. The minimum absolute atomic E-state index is 1.03. The first-order valence-electron chi connectivity index (χ1n) is 18.4. The van der Waals surface area contributed by atoms with Crippen LogP contribution in [-0.2, 0) is 0 Å². The van der Waals surface area contributed by atoms with E-state index in [1.165, 1.54) is 48.3 Å². The summed E-state index contributed by atoms with van der Waals surface area (Å²) in [5, 5.41) is 9.21. The number of pyridine rings is 2. The van der Waals surface area contributed by atoms with Crippen LogP contribution in [0.5, 0.6) is 0 Å². The number of hydrogen-bond donors (Lipinski definition) is 0. The topological polar surface area (TPSA) is 25.8 Å². The number of aromatic nitrogens is 2. The summed E-state index contributed by atoms with van der Waals surface area (Å²) in [6, 6.07) is 75.6. The van der Waals surface area contributed by atoms with Crippen molar-refractivity contribution in [2.45, 2.75) is 0 Å². The minimum atomic E-state index is -1.82. The van der Waals surface area contributed by atoms with E-state index in [9.17, 15) is 0 Å². The van der Waals surface area contributed by atoms with Crippen molar-refractivity contribution in [3.63, 3.8) is 0 Å². The Balaban J connectivity index is 0.000000159. The van der Waals surface area contributed by atoms with Gasteiger partial charge >= 0.3 is 347 Å². The van der Waals surface area contributed by atoms with Crippen molar-refractivity contribution in [1.29, 1.82) is 0 Å². The summed E-state index contributed by atoms with van der Waals surface area (Å²) < 4.78 is 0. The maximum atomic E-state index is 4.62. The quantitative estimate of drug-likeness (QED) is 0.112. The Hall–Kier alpha value is -5.00. The van der Waals surface area contributed by atoms with Gasteiger partial charge in [0.1, 0.15) is 0 Å². The van der Waals surface area contributed by atoms with Crippen molar-refractivity contribution >= 4 is 83.9 Å². The van der Waals surface area contributed by atoms with Crippen LogP contribution in [0.15, 0.2) is 231 Å². The molecule has 0 unspecified atom stereocenters. The molecule has 2 heterocycles. The molecule has 9 rings (SSSR count). The molecule has 0 aliphatic heterocycles. The van der Waals surface area contributed by atoms with Gasteiger partial charge < -0.3 is 0 Å². The summed E-state index contributed by atoms with van der Waals surface area (Å²) in [4.78, 5) is 8.85. The molecule has 0 aliphatic carbocycles. The molecular formula is C50H38N2P2Se2. The van der Waals surface area contributed by atoms with Crippen LogP contribution in [0.3, 0.4) is 0 Å². The van der Waals surface area contributed by atoms with Gasteiger partial charge in [-0.05, 0) is 0 Å². The van der Waals surface area contributed by atoms with Gasteiger partial charge in [0.05, 0.1) is 0 Å². The normalized spacial score (nSPS) is 11.4. The number of hydrogen-bond acceptors (Lipinski definition) is 2. The Labute approximate surface area is 344 Å². The number of nitrogens with zero attached hydrogens (tertiary/aromatic N) is 2. The van der Waals surface area contributed by atoms with Gasteiger partial charge in [-0.25, -0.2) is 0 Å². The van der Waals surface area contributed by atoms with Crippen molar-refractivity contribution in [3.8, 4) is 22.3 Å². The van der Waals surface area contributed by atoms with Gasteiger partial charge in [0, 0.05) is 0 Å². The van der Waals surface area contributed by atoms with E-state index in [0.29, 0.717) is 0 Å². The van der Waals surface area contributed by atoms with Gasteiger partial charge in [-0.15, -0.1) is 0 Å². The van der Waals surface area contributed by atoms with Crippen LogP contribution in [0.25, 0.3) is 33.2 Å². The van der Waals surface area contributed by atoms with Crippen LogP contribution in [-0.4, -0.2) is 40.2 Å². The van der Waals surface area contributed by atoms with E-state index in [1.54, 1.807) is 6.20 Å². The molecule has 0 N–H and O–H groups in total. The summed E-state index contributed by atoms with van der Waals surface area (Å²) in [7, 11) is 0. The van der Waals surface area contributed by atoms with Crippen LogP contribution in [0.4, 0.5) is 0 Å². The van der Waals surface area contributed by atoms with Crippen LogP contribution in [0.1, 0.15) is 0 Å². The van der Waals surface area contributed by atoms with Gasteiger partial charge in [-0.1, -0.05) is 0 Å². The standard InChI is InChI=1S/C27H20NPSe.C23H18NPSe/c30-29(24-10-3-1-4-11-24,25-12-5-2-6-13-25)26-17-15-21(16-18-26)23-19-22-9-7-8-14-27(22)28-20-23;26-25(21-9-3-1-4-10-21,22-11-5-2-6-12-22)23-15-13-19(14-16-23)20-8-7-17-24-18-20/h1-20H;1-18H. The molecular weight excluding hydrogens is 848 g/mol. The summed E-state index contributed by atoms with van der Waals surface area (Å²) in [5.41, 5.74) is 2.09. The van der Waals surface area contributed by atoms with E-state index in [0.717, 1.165) is 16.6 Å². The third-order valence-corrected chi connectivity index (χ3v) is 24.0. The molecule has 0 radical (unpaired) electrons. The van der Waals surface area contributed by atoms with Gasteiger partial charge in [0.2, 0.25) is 0 Å². The second-order valence-electron chi connectivity index (χ2n) is 13.3. The first-order valence-corrected chi connectivity index (χ1v) is 26.4. The van der Waals surface area contributed by atoms with Crippen LogP contribution >= 0.6 is 11.0 Å². The van der Waals surface area contributed by atoms with Crippen LogP contribution in [0.2, 0.25) is 0 Å². The molecule has 0 aliphatic rings. The molecule has 0 fully saturated rings. The van der Waals surface area contributed by atoms with Crippen LogP contribution in [0, 0.1) is 0 Å². The van der Waals surface area contributed by atoms with Gasteiger partial charge in [0.25, 0.3) is 0 Å². The van der Waals surface area contributed by atoms with E-state index in [-0.39, 0.29) is 0 Å². The van der Waals surface area contributed by atoms with Gasteiger partial charge in [-0.2, -0.15) is 0 Å². The fraction of sp³-hybridized carbons (Fsp3) is 0. The zero-order valence-electron chi connectivity index (χ0n) is 30.5. The molecule has 0 bridgehead atoms. The molecule has 2 nitrogen and oxygen atoms in total. The number of rotatable bonds is 8. The second-order valence-corrected chi connectivity index (χ2v) is 25.7. The Kier molecular flexibility index (Phi) is 11.8. The number of para-hydroxylation sites is 1. The molecule has 0 saturated carbocycles. The molecule has 0 atom stereocenters. The fourth-order valence-corrected chi connectivity index (χ4v) is 16.8. The van der Waals surface area contributed by atoms with Crippen molar-refractivity contribution in [2.24, 2.45) is 0 Å². The SMILES string of the molecule is [Se]=P(c1ccccc1)(c1ccccc1)c1ccc(-c2cccnc2)cc1.[Se]=P(c1ccccc1)(c1ccccc1)c1ccc(-c2cnc3ccccc3c2)cc1. The molecule has 0 saturated heterocycles. The molecule has 6 heteroatoms. The van der Waals surface area contributed by atoms with E-state index < -0.39 is 11.0 Å². The molecule has 0 amide bonds. The summed E-state index contributed by atoms with van der Waals surface area (Å²) in [6.07, 6.45) is 5.68. The number of benzene rings is 7. The van der Waals surface area contributed by atoms with Crippen molar-refractivity contribution in [1.82, 2.24) is 9.97 Å². The van der Waals surface area contributed by atoms with Crippen molar-refractivity contribution in [3.05, 3.63) is 231 Å². The maximum absolute atomic E-state index is 4.62.